The van der Waals surface area contributed by atoms with Crippen molar-refractivity contribution in [3.05, 3.63) is 35.5 Å². The third-order valence-electron chi connectivity index (χ3n) is 6.57. The molecule has 1 spiro atoms. The van der Waals surface area contributed by atoms with E-state index in [2.05, 4.69) is 14.2 Å². The van der Waals surface area contributed by atoms with Crippen LogP contribution in [0.3, 0.4) is 0 Å². The molecule has 0 bridgehead atoms. The predicted octanol–water partition coefficient (Wildman–Crippen LogP) is 2.74. The molecule has 4 heterocycles. The van der Waals surface area contributed by atoms with Crippen molar-refractivity contribution in [2.75, 3.05) is 71.5 Å². The molecule has 3 fully saturated rings. The molecule has 8 nitrogen and oxygen atoms in total. The minimum Gasteiger partial charge on any atom is -0.370 e. The molecule has 34 heavy (non-hydrogen) atoms. The molecule has 184 valence electrons. The molecule has 0 unspecified atom stereocenters. The largest absolute Gasteiger partial charge is 0.370 e. The summed E-state index contributed by atoms with van der Waals surface area (Å²) in [5.74, 6) is -2.63. The van der Waals surface area contributed by atoms with Crippen LogP contribution in [0, 0.1) is 11.6 Å². The van der Waals surface area contributed by atoms with Crippen LogP contribution in [0.4, 0.5) is 14.5 Å². The summed E-state index contributed by atoms with van der Waals surface area (Å²) in [6, 6.07) is 2.25. The lowest BCUT2D eigenvalue weighted by Crippen LogP contribution is -2.48. The Hall–Kier alpha value is -2.05. The number of piperidine rings is 1. The Bertz CT molecular complexity index is 1060. The smallest absolute Gasteiger partial charge is 0.257 e. The maximum absolute atomic E-state index is 14.3. The van der Waals surface area contributed by atoms with Gasteiger partial charge in [0.2, 0.25) is 0 Å². The van der Waals surface area contributed by atoms with Crippen molar-refractivity contribution >= 4 is 34.6 Å². The first-order valence-corrected chi connectivity index (χ1v) is 12.3. The first-order valence-electron chi connectivity index (χ1n) is 11.6. The molecule has 3 saturated heterocycles. The van der Waals surface area contributed by atoms with Crippen LogP contribution in [0.15, 0.2) is 18.3 Å². The number of benzene rings is 1. The van der Waals surface area contributed by atoms with E-state index in [1.54, 1.807) is 12.1 Å². The summed E-state index contributed by atoms with van der Waals surface area (Å²) in [5, 5.41) is 0.441. The highest BCUT2D eigenvalue weighted by atomic mass is 32.2. The van der Waals surface area contributed by atoms with Crippen molar-refractivity contribution in [2.45, 2.75) is 18.6 Å². The summed E-state index contributed by atoms with van der Waals surface area (Å²) in [5.41, 5.74) is 1.34. The molecule has 0 N–H and O–H groups in total. The number of hydrogen-bond donors (Lipinski definition) is 0. The zero-order valence-corrected chi connectivity index (χ0v) is 20.2. The summed E-state index contributed by atoms with van der Waals surface area (Å²) in [4.78, 5) is 21.8. The molecule has 1 aromatic carbocycles. The van der Waals surface area contributed by atoms with Crippen LogP contribution >= 0.6 is 12.1 Å². The van der Waals surface area contributed by atoms with Gasteiger partial charge in [-0.2, -0.15) is 0 Å². The molecular formula is C23H29F2N5O3S. The van der Waals surface area contributed by atoms with Gasteiger partial charge >= 0.3 is 0 Å². The van der Waals surface area contributed by atoms with E-state index in [0.29, 0.717) is 74.4 Å². The fourth-order valence-electron chi connectivity index (χ4n) is 4.90. The molecule has 3 aliphatic heterocycles. The number of hydrogen-bond acceptors (Lipinski definition) is 8. The number of amides is 1. The zero-order valence-electron chi connectivity index (χ0n) is 19.4. The second-order valence-electron chi connectivity index (χ2n) is 9.01. The molecule has 0 aliphatic carbocycles. The molecule has 0 atom stereocenters. The van der Waals surface area contributed by atoms with E-state index in [9.17, 15) is 13.6 Å². The number of halogens is 2. The van der Waals surface area contributed by atoms with Crippen molar-refractivity contribution in [1.29, 1.82) is 0 Å². The number of nitrogens with zero attached hydrogens (tertiary/aromatic N) is 5. The van der Waals surface area contributed by atoms with E-state index >= 15 is 0 Å². The van der Waals surface area contributed by atoms with Gasteiger partial charge in [0.25, 0.3) is 5.91 Å². The third-order valence-corrected chi connectivity index (χ3v) is 7.49. The molecule has 1 aromatic heterocycles. The average Bonchev–Trinajstić information content (AvgIpc) is 3.27. The van der Waals surface area contributed by atoms with Gasteiger partial charge in [-0.1, -0.05) is 0 Å². The zero-order chi connectivity index (χ0) is 23.9. The van der Waals surface area contributed by atoms with E-state index in [-0.39, 0.29) is 5.91 Å². The Kier molecular flexibility index (Phi) is 6.64. The Morgan fingerprint density at radius 3 is 2.32 bits per heavy atom. The van der Waals surface area contributed by atoms with Gasteiger partial charge in [0.15, 0.2) is 17.4 Å². The number of aromatic nitrogens is 1. The topological polar surface area (TPSA) is 61.4 Å². The molecule has 1 amide bonds. The SMILES string of the molecule is CN(C)SN1CCN(C(=O)c2cnc3cc(F)c(F)cc3c2N2CCC3(CC2)OCCO3)CC1. The van der Waals surface area contributed by atoms with Crippen LogP contribution < -0.4 is 4.90 Å². The van der Waals surface area contributed by atoms with Crippen LogP contribution in [-0.2, 0) is 9.47 Å². The van der Waals surface area contributed by atoms with E-state index in [1.165, 1.54) is 6.20 Å². The first kappa shape index (κ1) is 23.7. The highest BCUT2D eigenvalue weighted by molar-refractivity contribution is 7.94. The lowest BCUT2D eigenvalue weighted by Gasteiger charge is -2.40. The molecule has 11 heteroatoms. The highest BCUT2D eigenvalue weighted by Crippen LogP contribution is 2.38. The minimum atomic E-state index is -0.954. The van der Waals surface area contributed by atoms with E-state index in [4.69, 9.17) is 9.47 Å². The van der Waals surface area contributed by atoms with Crippen molar-refractivity contribution in [2.24, 2.45) is 0 Å². The van der Waals surface area contributed by atoms with Gasteiger partial charge < -0.3 is 19.3 Å². The monoisotopic (exact) mass is 493 g/mol. The van der Waals surface area contributed by atoms with Crippen LogP contribution in [0.2, 0.25) is 0 Å². The van der Waals surface area contributed by atoms with Crippen LogP contribution in [0.5, 0.6) is 0 Å². The Morgan fingerprint density at radius 2 is 1.68 bits per heavy atom. The van der Waals surface area contributed by atoms with Gasteiger partial charge in [0, 0.05) is 81.9 Å². The second-order valence-corrected chi connectivity index (χ2v) is 10.4. The van der Waals surface area contributed by atoms with Crippen molar-refractivity contribution in [1.82, 2.24) is 18.5 Å². The molecule has 2 aromatic rings. The summed E-state index contributed by atoms with van der Waals surface area (Å²) >= 11 is 1.63. The molecule has 3 aliphatic rings. The predicted molar refractivity (Wildman–Crippen MR) is 126 cm³/mol. The molecule has 5 rings (SSSR count). The average molecular weight is 494 g/mol. The lowest BCUT2D eigenvalue weighted by atomic mass is 9.99. The van der Waals surface area contributed by atoms with E-state index < -0.39 is 17.4 Å². The van der Waals surface area contributed by atoms with Gasteiger partial charge in [-0.25, -0.2) is 17.4 Å². The van der Waals surface area contributed by atoms with Gasteiger partial charge in [-0.05, 0) is 20.2 Å². The first-order chi connectivity index (χ1) is 16.3. The highest BCUT2D eigenvalue weighted by Gasteiger charge is 2.41. The number of ether oxygens (including phenoxy) is 2. The summed E-state index contributed by atoms with van der Waals surface area (Å²) in [6.45, 7) is 4.95. The van der Waals surface area contributed by atoms with Gasteiger partial charge in [-0.15, -0.1) is 0 Å². The lowest BCUT2D eigenvalue weighted by molar-refractivity contribution is -0.169. The van der Waals surface area contributed by atoms with Gasteiger partial charge in [-0.3, -0.25) is 9.78 Å². The van der Waals surface area contributed by atoms with Crippen LogP contribution in [0.1, 0.15) is 23.2 Å². The standard InChI is InChI=1S/C23H29F2N5O3S/c1-27(2)34-30-9-7-29(8-10-30)22(31)17-15-26-20-14-19(25)18(24)13-16(20)21(17)28-5-3-23(4-6-28)32-11-12-33-23/h13-15H,3-12H2,1-2H3. The number of piperazine rings is 1. The molecule has 0 radical (unpaired) electrons. The number of pyridine rings is 1. The molecular weight excluding hydrogens is 464 g/mol. The number of carbonyl (C=O) groups excluding carboxylic acids is 1. The third kappa shape index (κ3) is 4.59. The number of anilines is 1. The Morgan fingerprint density at radius 1 is 1.03 bits per heavy atom. The van der Waals surface area contributed by atoms with Crippen molar-refractivity contribution in [3.63, 3.8) is 0 Å². The van der Waals surface area contributed by atoms with Crippen molar-refractivity contribution < 1.29 is 23.0 Å². The minimum absolute atomic E-state index is 0.141. The van der Waals surface area contributed by atoms with E-state index in [1.807, 2.05) is 23.3 Å². The maximum Gasteiger partial charge on any atom is 0.257 e. The number of carbonyl (C=O) groups is 1. The molecule has 0 saturated carbocycles. The summed E-state index contributed by atoms with van der Waals surface area (Å²) in [6.07, 6.45) is 2.77. The summed E-state index contributed by atoms with van der Waals surface area (Å²) < 4.78 is 44.2. The maximum atomic E-state index is 14.3. The van der Waals surface area contributed by atoms with E-state index in [0.717, 1.165) is 25.2 Å². The Labute approximate surface area is 202 Å². The van der Waals surface area contributed by atoms with Gasteiger partial charge in [0.05, 0.1) is 30.0 Å². The van der Waals surface area contributed by atoms with Crippen molar-refractivity contribution in [3.8, 4) is 0 Å². The van der Waals surface area contributed by atoms with Crippen LogP contribution in [-0.4, -0.2) is 96.8 Å². The summed E-state index contributed by atoms with van der Waals surface area (Å²) in [7, 11) is 3.98. The second kappa shape index (κ2) is 9.54. The Balaban J connectivity index is 1.45. The van der Waals surface area contributed by atoms with Crippen LogP contribution in [0.25, 0.3) is 10.9 Å². The quantitative estimate of drug-likeness (QED) is 0.603. The fraction of sp³-hybridized carbons (Fsp3) is 0.565. The number of rotatable bonds is 4. The number of fused-ring (bicyclic) bond motifs is 1. The fourth-order valence-corrected chi connectivity index (χ4v) is 5.69. The normalized spacial score (nSPS) is 21.2. The van der Waals surface area contributed by atoms with Gasteiger partial charge in [0.1, 0.15) is 0 Å².